The van der Waals surface area contributed by atoms with Gasteiger partial charge in [0.05, 0.1) is 16.6 Å². The number of carbonyl (C=O) groups is 1. The number of hydrogen-bond donors (Lipinski definition) is 0. The van der Waals surface area contributed by atoms with E-state index in [2.05, 4.69) is 11.5 Å². The van der Waals surface area contributed by atoms with E-state index in [1.807, 2.05) is 24.3 Å². The number of hydrogen-bond acceptors (Lipinski definition) is 2. The van der Waals surface area contributed by atoms with Gasteiger partial charge in [-0.1, -0.05) is 25.1 Å². The van der Waals surface area contributed by atoms with Gasteiger partial charge in [-0.2, -0.15) is 13.2 Å². The van der Waals surface area contributed by atoms with Crippen LogP contribution in [-0.2, 0) is 17.5 Å². The van der Waals surface area contributed by atoms with Crippen LogP contribution in [0.15, 0.2) is 48.5 Å². The molecule has 1 aliphatic heterocycles. The van der Waals surface area contributed by atoms with Gasteiger partial charge < -0.3 is 9.47 Å². The molecule has 3 aromatic rings. The molecule has 2 heterocycles. The smallest absolute Gasteiger partial charge is 0.328 e. The molecule has 1 saturated heterocycles. The van der Waals surface area contributed by atoms with E-state index >= 15 is 0 Å². The Morgan fingerprint density at radius 2 is 1.93 bits per heavy atom. The van der Waals surface area contributed by atoms with Crippen LogP contribution >= 0.6 is 0 Å². The van der Waals surface area contributed by atoms with Gasteiger partial charge in [0.1, 0.15) is 5.82 Å². The summed E-state index contributed by atoms with van der Waals surface area (Å²) in [5.74, 6) is 0.492. The number of benzene rings is 2. The Labute approximate surface area is 160 Å². The Hall–Kier alpha value is -2.83. The molecule has 1 amide bonds. The van der Waals surface area contributed by atoms with E-state index in [0.717, 1.165) is 42.0 Å². The fourth-order valence-corrected chi connectivity index (χ4v) is 3.84. The highest BCUT2D eigenvalue weighted by molar-refractivity contribution is 5.96. The summed E-state index contributed by atoms with van der Waals surface area (Å²) in [5.41, 5.74) is 1.42. The lowest BCUT2D eigenvalue weighted by Gasteiger charge is -2.19. The maximum absolute atomic E-state index is 13.0. The molecule has 7 heteroatoms. The first-order chi connectivity index (χ1) is 13.4. The number of halogens is 3. The average Bonchev–Trinajstić information content (AvgIpc) is 3.22. The number of alkyl halides is 3. The largest absolute Gasteiger partial charge is 0.416 e. The lowest BCUT2D eigenvalue weighted by atomic mass is 10.1. The van der Waals surface area contributed by atoms with Gasteiger partial charge >= 0.3 is 6.18 Å². The second-order valence-electron chi connectivity index (χ2n) is 7.06. The third kappa shape index (κ3) is 3.25. The van der Waals surface area contributed by atoms with E-state index in [1.54, 1.807) is 6.07 Å². The molecule has 0 N–H and O–H groups in total. The van der Waals surface area contributed by atoms with Crippen molar-refractivity contribution < 1.29 is 18.0 Å². The first-order valence-electron chi connectivity index (χ1n) is 9.31. The van der Waals surface area contributed by atoms with E-state index in [-0.39, 0.29) is 23.9 Å². The predicted molar refractivity (Wildman–Crippen MR) is 101 cm³/mol. The highest BCUT2D eigenvalue weighted by Crippen LogP contribution is 2.36. The number of anilines is 1. The Kier molecular flexibility index (Phi) is 4.61. The van der Waals surface area contributed by atoms with Crippen molar-refractivity contribution in [2.24, 2.45) is 0 Å². The number of carbonyl (C=O) groups excluding carboxylic acids is 1. The third-order valence-electron chi connectivity index (χ3n) is 5.11. The van der Waals surface area contributed by atoms with Crippen molar-refractivity contribution in [2.75, 3.05) is 11.4 Å². The average molecular weight is 387 g/mol. The van der Waals surface area contributed by atoms with Gasteiger partial charge in [0.15, 0.2) is 0 Å². The molecule has 0 radical (unpaired) electrons. The second kappa shape index (κ2) is 6.96. The molecule has 146 valence electrons. The molecule has 1 aromatic heterocycles. The quantitative estimate of drug-likeness (QED) is 0.633. The van der Waals surface area contributed by atoms with Crippen molar-refractivity contribution >= 4 is 22.6 Å². The maximum atomic E-state index is 13.0. The third-order valence-corrected chi connectivity index (χ3v) is 5.11. The topological polar surface area (TPSA) is 38.1 Å². The zero-order valence-electron chi connectivity index (χ0n) is 15.4. The summed E-state index contributed by atoms with van der Waals surface area (Å²) in [4.78, 5) is 18.8. The normalized spacial score (nSPS) is 17.6. The summed E-state index contributed by atoms with van der Waals surface area (Å²) in [6.07, 6.45) is -3.28. The van der Waals surface area contributed by atoms with Crippen LogP contribution in [0.2, 0.25) is 0 Å². The van der Waals surface area contributed by atoms with Crippen LogP contribution < -0.4 is 4.90 Å². The zero-order valence-corrected chi connectivity index (χ0v) is 15.4. The van der Waals surface area contributed by atoms with Gasteiger partial charge in [0.25, 0.3) is 0 Å². The van der Waals surface area contributed by atoms with Gasteiger partial charge in [-0.25, -0.2) is 4.98 Å². The van der Waals surface area contributed by atoms with Crippen molar-refractivity contribution in [2.45, 2.75) is 38.4 Å². The monoisotopic (exact) mass is 387 g/mol. The number of aryl methyl sites for hydroxylation is 1. The number of rotatable bonds is 4. The lowest BCUT2D eigenvalue weighted by Crippen LogP contribution is -2.25. The number of para-hydroxylation sites is 2. The van der Waals surface area contributed by atoms with Crippen molar-refractivity contribution in [1.82, 2.24) is 9.55 Å². The van der Waals surface area contributed by atoms with E-state index in [9.17, 15) is 18.0 Å². The number of fused-ring (bicyclic) bond motifs is 1. The van der Waals surface area contributed by atoms with Crippen LogP contribution in [0.1, 0.15) is 37.1 Å². The fourth-order valence-electron chi connectivity index (χ4n) is 3.84. The van der Waals surface area contributed by atoms with Gasteiger partial charge in [-0.05, 0) is 36.8 Å². The van der Waals surface area contributed by atoms with E-state index in [1.165, 1.54) is 11.0 Å². The summed E-state index contributed by atoms with van der Waals surface area (Å²) in [7, 11) is 0. The lowest BCUT2D eigenvalue weighted by molar-refractivity contribution is -0.137. The Bertz CT molecular complexity index is 1030. The fraction of sp³-hybridized carbons (Fsp3) is 0.333. The summed E-state index contributed by atoms with van der Waals surface area (Å²) in [5, 5.41) is 0. The van der Waals surface area contributed by atoms with Crippen LogP contribution in [0.4, 0.5) is 18.9 Å². The van der Waals surface area contributed by atoms with Crippen LogP contribution in [0.25, 0.3) is 11.0 Å². The summed E-state index contributed by atoms with van der Waals surface area (Å²) >= 11 is 0. The molecule has 0 aliphatic carbocycles. The maximum Gasteiger partial charge on any atom is 0.416 e. The van der Waals surface area contributed by atoms with Crippen LogP contribution in [0.5, 0.6) is 0 Å². The van der Waals surface area contributed by atoms with E-state index < -0.39 is 11.7 Å². The number of imidazole rings is 1. The van der Waals surface area contributed by atoms with Crippen molar-refractivity contribution in [3.63, 3.8) is 0 Å². The minimum Gasteiger partial charge on any atom is -0.328 e. The van der Waals surface area contributed by atoms with Crippen LogP contribution in [0.3, 0.4) is 0 Å². The highest BCUT2D eigenvalue weighted by atomic mass is 19.4. The van der Waals surface area contributed by atoms with Gasteiger partial charge in [-0.3, -0.25) is 4.79 Å². The molecule has 1 aliphatic rings. The highest BCUT2D eigenvalue weighted by Gasteiger charge is 2.36. The minimum absolute atomic E-state index is 0.152. The molecule has 1 fully saturated rings. The van der Waals surface area contributed by atoms with Gasteiger partial charge in [0.2, 0.25) is 5.91 Å². The van der Waals surface area contributed by atoms with Crippen molar-refractivity contribution in [3.05, 3.63) is 59.9 Å². The van der Waals surface area contributed by atoms with Crippen LogP contribution in [0, 0.1) is 0 Å². The van der Waals surface area contributed by atoms with Crippen LogP contribution in [-0.4, -0.2) is 22.0 Å². The minimum atomic E-state index is -4.44. The molecular weight excluding hydrogens is 367 g/mol. The molecule has 0 unspecified atom stereocenters. The first kappa shape index (κ1) is 18.5. The summed E-state index contributed by atoms with van der Waals surface area (Å²) in [6, 6.07) is 12.8. The molecular formula is C21H20F3N3O. The molecule has 4 rings (SSSR count). The molecule has 1 atom stereocenters. The SMILES string of the molecule is CCCn1c([C@H]2CC(=O)N(c3cccc(C(F)(F)F)c3)C2)nc2ccccc21. The van der Waals surface area contributed by atoms with Crippen molar-refractivity contribution in [1.29, 1.82) is 0 Å². The van der Waals surface area contributed by atoms with Gasteiger partial charge in [0, 0.05) is 31.1 Å². The molecule has 0 spiro atoms. The molecule has 2 aromatic carbocycles. The number of amides is 1. The standard InChI is InChI=1S/C21H20F3N3O/c1-2-10-26-18-9-4-3-8-17(18)25-20(26)14-11-19(28)27(13-14)16-7-5-6-15(12-16)21(22,23)24/h3-9,12,14H,2,10-11,13H2,1H3/t14-/m0/s1. The second-order valence-corrected chi connectivity index (χ2v) is 7.06. The van der Waals surface area contributed by atoms with E-state index in [0.29, 0.717) is 6.54 Å². The Morgan fingerprint density at radius 3 is 2.68 bits per heavy atom. The van der Waals surface area contributed by atoms with Gasteiger partial charge in [-0.15, -0.1) is 0 Å². The first-order valence-corrected chi connectivity index (χ1v) is 9.31. The number of nitrogens with zero attached hydrogens (tertiary/aromatic N) is 3. The zero-order chi connectivity index (χ0) is 19.9. The summed E-state index contributed by atoms with van der Waals surface area (Å²) in [6.45, 7) is 3.19. The van der Waals surface area contributed by atoms with E-state index in [4.69, 9.17) is 4.98 Å². The van der Waals surface area contributed by atoms with Crippen molar-refractivity contribution in [3.8, 4) is 0 Å². The number of aromatic nitrogens is 2. The summed E-state index contributed by atoms with van der Waals surface area (Å²) < 4.78 is 41.2. The Balaban J connectivity index is 1.68. The Morgan fingerprint density at radius 1 is 1.14 bits per heavy atom. The molecule has 28 heavy (non-hydrogen) atoms. The molecule has 4 nitrogen and oxygen atoms in total. The molecule has 0 bridgehead atoms. The molecule has 0 saturated carbocycles. The predicted octanol–water partition coefficient (Wildman–Crippen LogP) is 4.99.